The van der Waals surface area contributed by atoms with E-state index in [9.17, 15) is 9.59 Å². The van der Waals surface area contributed by atoms with Crippen LogP contribution in [0, 0.1) is 0 Å². The fourth-order valence-corrected chi connectivity index (χ4v) is 1.67. The molecule has 0 spiro atoms. The molecule has 0 aliphatic heterocycles. The van der Waals surface area contributed by atoms with Crippen LogP contribution >= 0.6 is 0 Å². The Morgan fingerprint density at radius 3 is 2.69 bits per heavy atom. The van der Waals surface area contributed by atoms with Gasteiger partial charge in [-0.2, -0.15) is 15.0 Å². The van der Waals surface area contributed by atoms with Gasteiger partial charge in [-0.05, 0) is 12.1 Å². The van der Waals surface area contributed by atoms with E-state index in [-0.39, 0.29) is 0 Å². The third-order valence-electron chi connectivity index (χ3n) is 2.35. The Hall–Kier alpha value is -2.44. The van der Waals surface area contributed by atoms with Gasteiger partial charge in [-0.1, -0.05) is 0 Å². The van der Waals surface area contributed by atoms with Gasteiger partial charge >= 0.3 is 11.1 Å². The van der Waals surface area contributed by atoms with E-state index in [1.807, 2.05) is 0 Å². The molecular weight excluding hydrogens is 210 g/mol. The molecule has 0 bridgehead atoms. The SMILES string of the molecule is Cn1nc2ccc3[nH]c(=O)c(=O)[nH]c3c2n1. The van der Waals surface area contributed by atoms with E-state index in [1.54, 1.807) is 19.2 Å². The topological polar surface area (TPSA) is 96.4 Å². The van der Waals surface area contributed by atoms with E-state index in [4.69, 9.17) is 0 Å². The van der Waals surface area contributed by atoms with Crippen LogP contribution in [-0.2, 0) is 7.05 Å². The predicted octanol–water partition coefficient (Wildman–Crippen LogP) is -0.502. The first-order valence-electron chi connectivity index (χ1n) is 4.61. The Bertz CT molecular complexity index is 810. The number of benzene rings is 1. The van der Waals surface area contributed by atoms with Gasteiger partial charge in [-0.3, -0.25) is 9.59 Å². The van der Waals surface area contributed by atoms with Crippen molar-refractivity contribution in [3.05, 3.63) is 32.8 Å². The lowest BCUT2D eigenvalue weighted by Crippen LogP contribution is -2.28. The molecule has 0 aliphatic carbocycles. The summed E-state index contributed by atoms with van der Waals surface area (Å²) in [6.45, 7) is 0. The minimum atomic E-state index is -0.689. The lowest BCUT2D eigenvalue weighted by molar-refractivity contribution is 0.665. The molecule has 0 radical (unpaired) electrons. The highest BCUT2D eigenvalue weighted by Gasteiger charge is 2.07. The van der Waals surface area contributed by atoms with E-state index in [1.165, 1.54) is 4.80 Å². The van der Waals surface area contributed by atoms with Crippen LogP contribution in [0.2, 0.25) is 0 Å². The van der Waals surface area contributed by atoms with Crippen molar-refractivity contribution in [1.82, 2.24) is 25.0 Å². The summed E-state index contributed by atoms with van der Waals surface area (Å²) in [5.74, 6) is 0. The Morgan fingerprint density at radius 2 is 1.88 bits per heavy atom. The molecule has 0 atom stereocenters. The third-order valence-corrected chi connectivity index (χ3v) is 2.35. The summed E-state index contributed by atoms with van der Waals surface area (Å²) in [6, 6.07) is 3.42. The first kappa shape index (κ1) is 8.84. The first-order valence-corrected chi connectivity index (χ1v) is 4.61. The number of hydrogen-bond acceptors (Lipinski definition) is 4. The summed E-state index contributed by atoms with van der Waals surface area (Å²) in [5.41, 5.74) is 0.903. The summed E-state index contributed by atoms with van der Waals surface area (Å²) in [7, 11) is 1.69. The number of aryl methyl sites for hydroxylation is 1. The minimum Gasteiger partial charge on any atom is -0.316 e. The molecule has 3 rings (SSSR count). The second-order valence-corrected chi connectivity index (χ2v) is 3.45. The largest absolute Gasteiger partial charge is 0.316 e. The minimum absolute atomic E-state index is 0.496. The average molecular weight is 217 g/mol. The summed E-state index contributed by atoms with van der Waals surface area (Å²) in [6.07, 6.45) is 0. The predicted molar refractivity (Wildman–Crippen MR) is 57.3 cm³/mol. The van der Waals surface area contributed by atoms with Crippen molar-refractivity contribution in [2.24, 2.45) is 7.05 Å². The number of nitrogens with zero attached hydrogens (tertiary/aromatic N) is 3. The van der Waals surface area contributed by atoms with Crippen molar-refractivity contribution >= 4 is 22.1 Å². The lowest BCUT2D eigenvalue weighted by atomic mass is 10.2. The summed E-state index contributed by atoms with van der Waals surface area (Å²) in [4.78, 5) is 28.8. The zero-order valence-electron chi connectivity index (χ0n) is 8.31. The van der Waals surface area contributed by atoms with Gasteiger partial charge in [0.15, 0.2) is 0 Å². The van der Waals surface area contributed by atoms with Crippen molar-refractivity contribution < 1.29 is 0 Å². The van der Waals surface area contributed by atoms with Crippen LogP contribution in [0.4, 0.5) is 0 Å². The monoisotopic (exact) mass is 217 g/mol. The zero-order valence-corrected chi connectivity index (χ0v) is 8.31. The highest BCUT2D eigenvalue weighted by Crippen LogP contribution is 2.16. The Morgan fingerprint density at radius 1 is 1.12 bits per heavy atom. The van der Waals surface area contributed by atoms with Gasteiger partial charge < -0.3 is 9.97 Å². The van der Waals surface area contributed by atoms with Crippen LogP contribution in [0.25, 0.3) is 22.1 Å². The van der Waals surface area contributed by atoms with Crippen LogP contribution in [0.15, 0.2) is 21.7 Å². The molecule has 0 fully saturated rings. The van der Waals surface area contributed by atoms with Gasteiger partial charge in [-0.15, -0.1) is 0 Å². The molecule has 0 saturated carbocycles. The van der Waals surface area contributed by atoms with Gasteiger partial charge in [0.25, 0.3) is 0 Å². The number of fused-ring (bicyclic) bond motifs is 3. The van der Waals surface area contributed by atoms with Crippen LogP contribution in [-0.4, -0.2) is 25.0 Å². The van der Waals surface area contributed by atoms with Crippen LogP contribution in [0.3, 0.4) is 0 Å². The lowest BCUT2D eigenvalue weighted by Gasteiger charge is -1.95. The van der Waals surface area contributed by atoms with Crippen molar-refractivity contribution in [3.8, 4) is 0 Å². The van der Waals surface area contributed by atoms with E-state index in [2.05, 4.69) is 20.2 Å². The van der Waals surface area contributed by atoms with Gasteiger partial charge in [0, 0.05) is 7.05 Å². The molecule has 16 heavy (non-hydrogen) atoms. The van der Waals surface area contributed by atoms with Crippen molar-refractivity contribution in [1.29, 1.82) is 0 Å². The van der Waals surface area contributed by atoms with E-state index < -0.39 is 11.1 Å². The van der Waals surface area contributed by atoms with E-state index in [0.29, 0.717) is 22.1 Å². The second-order valence-electron chi connectivity index (χ2n) is 3.45. The fraction of sp³-hybridized carbons (Fsp3) is 0.111. The quantitative estimate of drug-likeness (QED) is 0.496. The van der Waals surface area contributed by atoms with E-state index in [0.717, 1.165) is 0 Å². The van der Waals surface area contributed by atoms with Crippen molar-refractivity contribution in [2.45, 2.75) is 0 Å². The van der Waals surface area contributed by atoms with Crippen LogP contribution < -0.4 is 11.1 Å². The number of nitrogens with one attached hydrogen (secondary N) is 2. The maximum absolute atomic E-state index is 11.2. The molecule has 2 heterocycles. The maximum Gasteiger partial charge on any atom is 0.314 e. The molecule has 0 unspecified atom stereocenters. The van der Waals surface area contributed by atoms with E-state index >= 15 is 0 Å². The van der Waals surface area contributed by atoms with Gasteiger partial charge in [0.2, 0.25) is 0 Å². The highest BCUT2D eigenvalue weighted by molar-refractivity contribution is 5.99. The molecule has 80 valence electrons. The molecule has 0 aliphatic rings. The summed E-state index contributed by atoms with van der Waals surface area (Å²) >= 11 is 0. The van der Waals surface area contributed by atoms with Gasteiger partial charge in [0.1, 0.15) is 11.0 Å². The average Bonchev–Trinajstić information content (AvgIpc) is 2.61. The molecule has 7 heteroatoms. The smallest absolute Gasteiger partial charge is 0.314 e. The molecule has 0 saturated heterocycles. The fourth-order valence-electron chi connectivity index (χ4n) is 1.67. The Labute approximate surface area is 87.7 Å². The second kappa shape index (κ2) is 2.78. The molecule has 1 aromatic carbocycles. The van der Waals surface area contributed by atoms with Crippen molar-refractivity contribution in [3.63, 3.8) is 0 Å². The maximum atomic E-state index is 11.2. The molecule has 2 N–H and O–H groups in total. The Kier molecular flexibility index (Phi) is 1.54. The summed E-state index contributed by atoms with van der Waals surface area (Å²) < 4.78 is 0. The molecule has 7 nitrogen and oxygen atoms in total. The van der Waals surface area contributed by atoms with Gasteiger partial charge in [-0.25, -0.2) is 0 Å². The van der Waals surface area contributed by atoms with Gasteiger partial charge in [0.05, 0.1) is 11.0 Å². The number of aromatic amines is 2. The molecular formula is C9H7N5O2. The number of hydrogen-bond donors (Lipinski definition) is 2. The molecule has 2 aromatic heterocycles. The number of rotatable bonds is 0. The third kappa shape index (κ3) is 1.08. The normalized spacial score (nSPS) is 11.3. The standard InChI is InChI=1S/C9H7N5O2/c1-14-12-5-3-2-4-6(7(5)13-14)11-9(16)8(15)10-4/h2-3H,1H3,(H,10,15)(H,11,16). The highest BCUT2D eigenvalue weighted by atomic mass is 16.2. The number of H-pyrrole nitrogens is 2. The molecule has 3 aromatic rings. The Balaban J connectivity index is 2.64. The van der Waals surface area contributed by atoms with Crippen LogP contribution in [0.5, 0.6) is 0 Å². The van der Waals surface area contributed by atoms with Crippen molar-refractivity contribution in [2.75, 3.05) is 0 Å². The molecule has 0 amide bonds. The summed E-state index contributed by atoms with van der Waals surface area (Å²) in [5, 5.41) is 8.23. The number of aromatic nitrogens is 5. The zero-order chi connectivity index (χ0) is 11.3. The van der Waals surface area contributed by atoms with Crippen LogP contribution in [0.1, 0.15) is 0 Å². The first-order chi connectivity index (χ1) is 7.65.